The number of nitrogen functional groups attached to an aromatic ring is 1. The van der Waals surface area contributed by atoms with Gasteiger partial charge in [-0.15, -0.1) is 0 Å². The molecule has 0 fully saturated rings. The van der Waals surface area contributed by atoms with Gasteiger partial charge in [0.05, 0.1) is 11.9 Å². The summed E-state index contributed by atoms with van der Waals surface area (Å²) in [5.41, 5.74) is 6.60. The van der Waals surface area contributed by atoms with E-state index in [0.717, 1.165) is 0 Å². The maximum absolute atomic E-state index is 11.8. The largest absolute Gasteiger partial charge is 0.405 e. The molecule has 0 radical (unpaired) electrons. The first-order valence-corrected chi connectivity index (χ1v) is 4.61. The number of anilines is 2. The highest BCUT2D eigenvalue weighted by molar-refractivity contribution is 5.88. The molecule has 0 saturated carbocycles. The first-order valence-electron chi connectivity index (χ1n) is 4.61. The summed E-state index contributed by atoms with van der Waals surface area (Å²) in [4.78, 5) is 14.8. The SMILES string of the molecule is Cc1cc(NC(=O)NCC(F)(F)F)ncc1N. The van der Waals surface area contributed by atoms with Gasteiger partial charge in [-0.1, -0.05) is 0 Å². The molecule has 1 heterocycles. The first kappa shape index (κ1) is 13.1. The normalized spacial score (nSPS) is 11.1. The van der Waals surface area contributed by atoms with Crippen molar-refractivity contribution in [3.8, 4) is 0 Å². The summed E-state index contributed by atoms with van der Waals surface area (Å²) in [5.74, 6) is 0.136. The molecule has 0 aromatic carbocycles. The van der Waals surface area contributed by atoms with Crippen LogP contribution in [0.4, 0.5) is 29.5 Å². The third kappa shape index (κ3) is 4.58. The van der Waals surface area contributed by atoms with Crippen LogP contribution in [0.3, 0.4) is 0 Å². The average molecular weight is 248 g/mol. The summed E-state index contributed by atoms with van der Waals surface area (Å²) in [6, 6.07) is 0.488. The molecule has 0 aliphatic carbocycles. The summed E-state index contributed by atoms with van der Waals surface area (Å²) in [6.45, 7) is 0.294. The molecule has 2 amide bonds. The van der Waals surface area contributed by atoms with Gasteiger partial charge in [-0.2, -0.15) is 13.2 Å². The van der Waals surface area contributed by atoms with Crippen molar-refractivity contribution < 1.29 is 18.0 Å². The molecule has 0 bridgehead atoms. The van der Waals surface area contributed by atoms with Crippen molar-refractivity contribution >= 4 is 17.5 Å². The minimum Gasteiger partial charge on any atom is -0.397 e. The molecule has 0 aliphatic heterocycles. The lowest BCUT2D eigenvalue weighted by Gasteiger charge is -2.10. The number of aromatic nitrogens is 1. The summed E-state index contributed by atoms with van der Waals surface area (Å²) < 4.78 is 35.4. The zero-order valence-electron chi connectivity index (χ0n) is 8.93. The second kappa shape index (κ2) is 4.89. The molecule has 4 N–H and O–H groups in total. The van der Waals surface area contributed by atoms with E-state index in [1.165, 1.54) is 12.3 Å². The van der Waals surface area contributed by atoms with E-state index in [4.69, 9.17) is 5.73 Å². The van der Waals surface area contributed by atoms with Gasteiger partial charge < -0.3 is 11.1 Å². The maximum Gasteiger partial charge on any atom is 0.405 e. The Kier molecular flexibility index (Phi) is 3.77. The molecule has 8 heteroatoms. The quantitative estimate of drug-likeness (QED) is 0.744. The van der Waals surface area contributed by atoms with Crippen LogP contribution in [-0.2, 0) is 0 Å². The second-order valence-corrected chi connectivity index (χ2v) is 3.35. The maximum atomic E-state index is 11.8. The molecule has 94 valence electrons. The van der Waals surface area contributed by atoms with E-state index >= 15 is 0 Å². The summed E-state index contributed by atoms with van der Waals surface area (Å²) in [7, 11) is 0. The van der Waals surface area contributed by atoms with Crippen molar-refractivity contribution in [3.63, 3.8) is 0 Å². The van der Waals surface area contributed by atoms with E-state index in [9.17, 15) is 18.0 Å². The highest BCUT2D eigenvalue weighted by Gasteiger charge is 2.27. The Morgan fingerprint density at radius 2 is 2.18 bits per heavy atom. The van der Waals surface area contributed by atoms with Gasteiger partial charge in [0, 0.05) is 0 Å². The number of amides is 2. The highest BCUT2D eigenvalue weighted by atomic mass is 19.4. The zero-order chi connectivity index (χ0) is 13.1. The monoisotopic (exact) mass is 248 g/mol. The Morgan fingerprint density at radius 3 is 2.71 bits per heavy atom. The fraction of sp³-hybridized carbons (Fsp3) is 0.333. The minimum atomic E-state index is -4.44. The lowest BCUT2D eigenvalue weighted by atomic mass is 10.2. The number of halogens is 3. The second-order valence-electron chi connectivity index (χ2n) is 3.35. The Morgan fingerprint density at radius 1 is 1.53 bits per heavy atom. The molecule has 0 unspecified atom stereocenters. The van der Waals surface area contributed by atoms with Gasteiger partial charge in [-0.05, 0) is 18.6 Å². The van der Waals surface area contributed by atoms with E-state index in [2.05, 4.69) is 10.3 Å². The van der Waals surface area contributed by atoms with Gasteiger partial charge >= 0.3 is 12.2 Å². The van der Waals surface area contributed by atoms with Crippen molar-refractivity contribution in [1.29, 1.82) is 0 Å². The van der Waals surface area contributed by atoms with E-state index in [1.807, 2.05) is 0 Å². The summed E-state index contributed by atoms with van der Waals surface area (Å²) in [5, 5.41) is 3.82. The van der Waals surface area contributed by atoms with Crippen LogP contribution in [0.15, 0.2) is 12.3 Å². The minimum absolute atomic E-state index is 0.136. The van der Waals surface area contributed by atoms with Gasteiger partial charge in [-0.25, -0.2) is 9.78 Å². The summed E-state index contributed by atoms with van der Waals surface area (Å²) >= 11 is 0. The Bertz CT molecular complexity index is 419. The van der Waals surface area contributed by atoms with Crippen LogP contribution in [0.2, 0.25) is 0 Å². The van der Waals surface area contributed by atoms with Crippen LogP contribution in [0, 0.1) is 6.92 Å². The lowest BCUT2D eigenvalue weighted by molar-refractivity contribution is -0.122. The van der Waals surface area contributed by atoms with E-state index in [1.54, 1.807) is 12.2 Å². The van der Waals surface area contributed by atoms with Crippen molar-refractivity contribution in [2.75, 3.05) is 17.6 Å². The van der Waals surface area contributed by atoms with Crippen LogP contribution >= 0.6 is 0 Å². The molecule has 1 aromatic heterocycles. The third-order valence-electron chi connectivity index (χ3n) is 1.84. The topological polar surface area (TPSA) is 80.0 Å². The van der Waals surface area contributed by atoms with Crippen molar-refractivity contribution in [2.24, 2.45) is 0 Å². The first-order chi connectivity index (χ1) is 7.78. The van der Waals surface area contributed by atoms with Gasteiger partial charge in [0.15, 0.2) is 0 Å². The number of hydrogen-bond donors (Lipinski definition) is 3. The molecular weight excluding hydrogens is 237 g/mol. The molecule has 0 spiro atoms. The number of rotatable bonds is 2. The number of urea groups is 1. The Balaban J connectivity index is 2.54. The predicted molar refractivity (Wildman–Crippen MR) is 56.5 cm³/mol. The average Bonchev–Trinajstić information content (AvgIpc) is 2.20. The van der Waals surface area contributed by atoms with Crippen molar-refractivity contribution in [3.05, 3.63) is 17.8 Å². The number of nitrogens with zero attached hydrogens (tertiary/aromatic N) is 1. The Labute approximate surface area is 95.2 Å². The van der Waals surface area contributed by atoms with Gasteiger partial charge in [0.2, 0.25) is 0 Å². The van der Waals surface area contributed by atoms with Gasteiger partial charge in [0.25, 0.3) is 0 Å². The van der Waals surface area contributed by atoms with Crippen molar-refractivity contribution in [1.82, 2.24) is 10.3 Å². The van der Waals surface area contributed by atoms with E-state index in [0.29, 0.717) is 11.3 Å². The van der Waals surface area contributed by atoms with Crippen LogP contribution < -0.4 is 16.4 Å². The fourth-order valence-electron chi connectivity index (χ4n) is 0.976. The smallest absolute Gasteiger partial charge is 0.397 e. The molecule has 0 aliphatic rings. The number of carbonyl (C=O) groups is 1. The lowest BCUT2D eigenvalue weighted by Crippen LogP contribution is -2.36. The van der Waals surface area contributed by atoms with Gasteiger partial charge in [-0.3, -0.25) is 5.32 Å². The number of pyridine rings is 1. The van der Waals surface area contributed by atoms with Crippen LogP contribution in [0.25, 0.3) is 0 Å². The highest BCUT2D eigenvalue weighted by Crippen LogP contribution is 2.14. The Hall–Kier alpha value is -1.99. The number of nitrogens with one attached hydrogen (secondary N) is 2. The standard InChI is InChI=1S/C9H11F3N4O/c1-5-2-7(14-3-6(5)13)16-8(17)15-4-9(10,11)12/h2-3H,4,13H2,1H3,(H2,14,15,16,17). The fourth-order valence-corrected chi connectivity index (χ4v) is 0.976. The number of nitrogens with two attached hydrogens (primary N) is 1. The number of aryl methyl sites for hydroxylation is 1. The number of carbonyl (C=O) groups excluding carboxylic acids is 1. The zero-order valence-corrected chi connectivity index (χ0v) is 8.93. The van der Waals surface area contributed by atoms with Crippen LogP contribution in [-0.4, -0.2) is 23.7 Å². The molecule has 1 aromatic rings. The molecule has 17 heavy (non-hydrogen) atoms. The van der Waals surface area contributed by atoms with Crippen LogP contribution in [0.1, 0.15) is 5.56 Å². The van der Waals surface area contributed by atoms with Crippen molar-refractivity contribution in [2.45, 2.75) is 13.1 Å². The molecule has 1 rings (SSSR count). The van der Waals surface area contributed by atoms with E-state index < -0.39 is 18.8 Å². The van der Waals surface area contributed by atoms with Crippen LogP contribution in [0.5, 0.6) is 0 Å². The molecular formula is C9H11F3N4O. The predicted octanol–water partition coefficient (Wildman–Crippen LogP) is 1.66. The molecule has 0 saturated heterocycles. The molecule has 0 atom stereocenters. The van der Waals surface area contributed by atoms with Gasteiger partial charge in [0.1, 0.15) is 12.4 Å². The molecule has 5 nitrogen and oxygen atoms in total. The van der Waals surface area contributed by atoms with E-state index in [-0.39, 0.29) is 5.82 Å². The number of alkyl halides is 3. The summed E-state index contributed by atoms with van der Waals surface area (Å²) in [6.07, 6.45) is -3.13. The number of hydrogen-bond acceptors (Lipinski definition) is 3. The third-order valence-corrected chi connectivity index (χ3v) is 1.84.